The van der Waals surface area contributed by atoms with Crippen LogP contribution in [0.5, 0.6) is 0 Å². The van der Waals surface area contributed by atoms with E-state index >= 15 is 0 Å². The number of benzene rings is 2. The molecule has 0 saturated carbocycles. The summed E-state index contributed by atoms with van der Waals surface area (Å²) >= 11 is 0. The predicted octanol–water partition coefficient (Wildman–Crippen LogP) is 1.92. The molecule has 142 valence electrons. The number of ketones is 1. The lowest BCUT2D eigenvalue weighted by atomic mass is 9.93. The average Bonchev–Trinajstić information content (AvgIpc) is 2.74. The molecular formula is C21H24N2O4. The van der Waals surface area contributed by atoms with Crippen molar-refractivity contribution in [3.8, 4) is 0 Å². The van der Waals surface area contributed by atoms with Crippen LogP contribution in [0.3, 0.4) is 0 Å². The zero-order chi connectivity index (χ0) is 19.3. The molecule has 6 nitrogen and oxygen atoms in total. The number of hydrogen-bond donors (Lipinski definition) is 1. The van der Waals surface area contributed by atoms with Crippen molar-refractivity contribution in [1.29, 1.82) is 0 Å². The highest BCUT2D eigenvalue weighted by molar-refractivity contribution is 6.09. The van der Waals surface area contributed by atoms with Crippen molar-refractivity contribution in [2.75, 3.05) is 32.9 Å². The lowest BCUT2D eigenvalue weighted by molar-refractivity contribution is -0.162. The van der Waals surface area contributed by atoms with Crippen LogP contribution in [0.15, 0.2) is 54.6 Å². The molecule has 27 heavy (non-hydrogen) atoms. The molecule has 1 saturated heterocycles. The van der Waals surface area contributed by atoms with Crippen LogP contribution < -0.4 is 5.73 Å². The van der Waals surface area contributed by atoms with Gasteiger partial charge >= 0.3 is 5.97 Å². The van der Waals surface area contributed by atoms with Crippen LogP contribution >= 0.6 is 0 Å². The molecule has 0 radical (unpaired) electrons. The van der Waals surface area contributed by atoms with E-state index in [9.17, 15) is 9.59 Å². The number of carbonyl (C=O) groups is 2. The van der Waals surface area contributed by atoms with Gasteiger partial charge in [0.1, 0.15) is 0 Å². The fourth-order valence-electron chi connectivity index (χ4n) is 3.24. The smallest absolute Gasteiger partial charge is 0.346 e. The van der Waals surface area contributed by atoms with Gasteiger partial charge in [-0.25, -0.2) is 4.79 Å². The normalized spacial score (nSPS) is 17.1. The Morgan fingerprint density at radius 2 is 1.74 bits per heavy atom. The Morgan fingerprint density at radius 3 is 2.41 bits per heavy atom. The van der Waals surface area contributed by atoms with E-state index < -0.39 is 11.6 Å². The first-order valence-corrected chi connectivity index (χ1v) is 9.06. The second kappa shape index (κ2) is 8.43. The maximum Gasteiger partial charge on any atom is 0.346 e. The van der Waals surface area contributed by atoms with Gasteiger partial charge in [0, 0.05) is 24.2 Å². The van der Waals surface area contributed by atoms with Crippen LogP contribution in [0, 0.1) is 0 Å². The molecule has 3 rings (SSSR count). The van der Waals surface area contributed by atoms with Gasteiger partial charge in [-0.05, 0) is 18.6 Å². The quantitative estimate of drug-likeness (QED) is 0.620. The summed E-state index contributed by atoms with van der Waals surface area (Å²) in [5, 5.41) is 0. The van der Waals surface area contributed by atoms with Crippen LogP contribution in [-0.4, -0.2) is 49.6 Å². The van der Waals surface area contributed by atoms with E-state index in [1.54, 1.807) is 43.3 Å². The Kier molecular flexibility index (Phi) is 6.01. The highest BCUT2D eigenvalue weighted by atomic mass is 16.5. The zero-order valence-corrected chi connectivity index (χ0v) is 15.4. The molecule has 1 aliphatic rings. The monoisotopic (exact) mass is 368 g/mol. The summed E-state index contributed by atoms with van der Waals surface area (Å²) in [7, 11) is 0. The standard InChI is InChI=1S/C21H24N2O4/c1-2-27-20(25)21(22,23-11-13-26-14-12-23)18-10-6-9-17(15-18)19(24)16-7-4-3-5-8-16/h3-10,15H,2,11-14,22H2,1H3. The van der Waals surface area contributed by atoms with E-state index in [1.807, 2.05) is 23.1 Å². The third-order valence-corrected chi connectivity index (χ3v) is 4.70. The summed E-state index contributed by atoms with van der Waals surface area (Å²) in [6.45, 7) is 3.96. The van der Waals surface area contributed by atoms with Crippen molar-refractivity contribution in [1.82, 2.24) is 4.90 Å². The Labute approximate surface area is 158 Å². The molecule has 2 aromatic carbocycles. The highest BCUT2D eigenvalue weighted by Gasteiger charge is 2.44. The molecule has 6 heteroatoms. The number of morpholine rings is 1. The highest BCUT2D eigenvalue weighted by Crippen LogP contribution is 2.27. The molecule has 1 heterocycles. The molecule has 1 atom stereocenters. The largest absolute Gasteiger partial charge is 0.463 e. The van der Waals surface area contributed by atoms with Gasteiger partial charge in [-0.1, -0.05) is 48.5 Å². The average molecular weight is 368 g/mol. The molecular weight excluding hydrogens is 344 g/mol. The summed E-state index contributed by atoms with van der Waals surface area (Å²) in [6, 6.07) is 15.9. The molecule has 0 spiro atoms. The second-order valence-electron chi connectivity index (χ2n) is 6.36. The summed E-state index contributed by atoms with van der Waals surface area (Å²) in [5.41, 5.74) is 6.74. The van der Waals surface area contributed by atoms with Crippen LogP contribution in [0.1, 0.15) is 28.4 Å². The third-order valence-electron chi connectivity index (χ3n) is 4.70. The van der Waals surface area contributed by atoms with E-state index in [4.69, 9.17) is 15.2 Å². The van der Waals surface area contributed by atoms with Crippen LogP contribution in [0.25, 0.3) is 0 Å². The minimum absolute atomic E-state index is 0.120. The molecule has 1 unspecified atom stereocenters. The Bertz CT molecular complexity index is 803. The SMILES string of the molecule is CCOC(=O)C(N)(c1cccc(C(=O)c2ccccc2)c1)N1CCOCC1. The van der Waals surface area contributed by atoms with Crippen molar-refractivity contribution in [2.24, 2.45) is 5.73 Å². The predicted molar refractivity (Wildman–Crippen MR) is 101 cm³/mol. The van der Waals surface area contributed by atoms with E-state index in [1.165, 1.54) is 0 Å². The van der Waals surface area contributed by atoms with Gasteiger partial charge in [-0.15, -0.1) is 0 Å². The third kappa shape index (κ3) is 3.93. The summed E-state index contributed by atoms with van der Waals surface area (Å²) in [4.78, 5) is 27.5. The molecule has 1 fully saturated rings. The van der Waals surface area contributed by atoms with E-state index in [0.29, 0.717) is 43.0 Å². The summed E-state index contributed by atoms with van der Waals surface area (Å²) in [5.74, 6) is -0.651. The number of hydrogen-bond acceptors (Lipinski definition) is 6. The number of ether oxygens (including phenoxy) is 2. The van der Waals surface area contributed by atoms with E-state index in [-0.39, 0.29) is 12.4 Å². The Morgan fingerprint density at radius 1 is 1.07 bits per heavy atom. The van der Waals surface area contributed by atoms with Gasteiger partial charge < -0.3 is 9.47 Å². The number of nitrogens with two attached hydrogens (primary N) is 1. The topological polar surface area (TPSA) is 81.9 Å². The first-order chi connectivity index (χ1) is 13.1. The van der Waals surface area contributed by atoms with E-state index in [0.717, 1.165) is 0 Å². The fraction of sp³-hybridized carbons (Fsp3) is 0.333. The molecule has 2 aromatic rings. The van der Waals surface area contributed by atoms with Crippen molar-refractivity contribution in [3.63, 3.8) is 0 Å². The van der Waals surface area contributed by atoms with Gasteiger partial charge in [0.05, 0.1) is 19.8 Å². The summed E-state index contributed by atoms with van der Waals surface area (Å²) < 4.78 is 10.7. The number of esters is 1. The van der Waals surface area contributed by atoms with Gasteiger partial charge in [0.25, 0.3) is 0 Å². The van der Waals surface area contributed by atoms with Gasteiger partial charge in [0.15, 0.2) is 11.4 Å². The van der Waals surface area contributed by atoms with Crippen LogP contribution in [0.4, 0.5) is 0 Å². The van der Waals surface area contributed by atoms with Gasteiger partial charge in [0.2, 0.25) is 0 Å². The molecule has 1 aliphatic heterocycles. The van der Waals surface area contributed by atoms with Crippen LogP contribution in [0.2, 0.25) is 0 Å². The Balaban J connectivity index is 2.00. The first-order valence-electron chi connectivity index (χ1n) is 9.06. The van der Waals surface area contributed by atoms with Crippen molar-refractivity contribution >= 4 is 11.8 Å². The number of rotatable bonds is 6. The fourth-order valence-corrected chi connectivity index (χ4v) is 3.24. The number of nitrogens with zero attached hydrogens (tertiary/aromatic N) is 1. The molecule has 2 N–H and O–H groups in total. The second-order valence-corrected chi connectivity index (χ2v) is 6.36. The lowest BCUT2D eigenvalue weighted by Gasteiger charge is -2.41. The van der Waals surface area contributed by atoms with Crippen LogP contribution in [-0.2, 0) is 19.9 Å². The van der Waals surface area contributed by atoms with Crippen molar-refractivity contribution in [2.45, 2.75) is 12.6 Å². The minimum Gasteiger partial charge on any atom is -0.463 e. The van der Waals surface area contributed by atoms with Gasteiger partial charge in [-0.3, -0.25) is 15.4 Å². The maximum absolute atomic E-state index is 12.8. The van der Waals surface area contributed by atoms with E-state index in [2.05, 4.69) is 0 Å². The Hall–Kier alpha value is -2.54. The molecule has 0 aromatic heterocycles. The minimum atomic E-state index is -1.47. The summed E-state index contributed by atoms with van der Waals surface area (Å²) in [6.07, 6.45) is 0. The first kappa shape index (κ1) is 19.2. The van der Waals surface area contributed by atoms with Crippen molar-refractivity contribution in [3.05, 3.63) is 71.3 Å². The molecule has 0 amide bonds. The lowest BCUT2D eigenvalue weighted by Crippen LogP contribution is -2.62. The van der Waals surface area contributed by atoms with Crippen molar-refractivity contribution < 1.29 is 19.1 Å². The molecule has 0 bridgehead atoms. The zero-order valence-electron chi connectivity index (χ0n) is 15.4. The maximum atomic E-state index is 12.8. The molecule has 0 aliphatic carbocycles. The van der Waals surface area contributed by atoms with Gasteiger partial charge in [-0.2, -0.15) is 0 Å². The number of carbonyl (C=O) groups excluding carboxylic acids is 2.